The molecule has 106 valence electrons. The highest BCUT2D eigenvalue weighted by Crippen LogP contribution is 2.36. The summed E-state index contributed by atoms with van der Waals surface area (Å²) in [4.78, 5) is 2.01. The van der Waals surface area contributed by atoms with E-state index in [0.29, 0.717) is 13.1 Å². The van der Waals surface area contributed by atoms with E-state index < -0.39 is 12.1 Å². The van der Waals surface area contributed by atoms with Gasteiger partial charge in [0.05, 0.1) is 5.92 Å². The van der Waals surface area contributed by atoms with Gasteiger partial charge < -0.3 is 10.6 Å². The normalized spacial score (nSPS) is 19.5. The molecule has 2 nitrogen and oxygen atoms in total. The van der Waals surface area contributed by atoms with Crippen LogP contribution in [0.15, 0.2) is 24.3 Å². The van der Waals surface area contributed by atoms with Crippen molar-refractivity contribution in [1.82, 2.24) is 0 Å². The second-order valence-electron chi connectivity index (χ2n) is 5.15. The monoisotopic (exact) mass is 272 g/mol. The van der Waals surface area contributed by atoms with Gasteiger partial charge in [-0.05, 0) is 31.4 Å². The molecule has 1 saturated heterocycles. The van der Waals surface area contributed by atoms with E-state index in [1.165, 1.54) is 0 Å². The minimum atomic E-state index is -4.06. The van der Waals surface area contributed by atoms with Crippen molar-refractivity contribution in [3.63, 3.8) is 0 Å². The summed E-state index contributed by atoms with van der Waals surface area (Å²) in [6.45, 7) is 2.77. The molecule has 1 aromatic rings. The van der Waals surface area contributed by atoms with E-state index in [9.17, 15) is 13.2 Å². The van der Waals surface area contributed by atoms with Crippen LogP contribution in [-0.2, 0) is 0 Å². The van der Waals surface area contributed by atoms with Crippen molar-refractivity contribution in [2.45, 2.75) is 32.0 Å². The van der Waals surface area contributed by atoms with Crippen LogP contribution in [0.4, 0.5) is 18.9 Å². The average molecular weight is 272 g/mol. The molecule has 1 atom stereocenters. The van der Waals surface area contributed by atoms with Gasteiger partial charge in [-0.1, -0.05) is 18.2 Å². The predicted molar refractivity (Wildman–Crippen MR) is 70.0 cm³/mol. The molecule has 0 aliphatic carbocycles. The number of piperidine rings is 1. The van der Waals surface area contributed by atoms with Crippen molar-refractivity contribution in [3.8, 4) is 0 Å². The number of nitrogens with two attached hydrogens (primary N) is 1. The number of alkyl halides is 3. The fraction of sp³-hybridized carbons (Fsp3) is 0.571. The molecule has 1 aliphatic rings. The van der Waals surface area contributed by atoms with E-state index in [0.717, 1.165) is 11.3 Å². The molecular formula is C14H19F3N2. The number of rotatable bonds is 2. The molecule has 0 radical (unpaired) electrons. The van der Waals surface area contributed by atoms with Gasteiger partial charge in [0, 0.05) is 24.8 Å². The summed E-state index contributed by atoms with van der Waals surface area (Å²) in [6, 6.07) is 7.57. The Hall–Kier alpha value is -1.23. The maximum absolute atomic E-state index is 12.6. The lowest BCUT2D eigenvalue weighted by atomic mass is 9.95. The zero-order valence-electron chi connectivity index (χ0n) is 11.0. The molecule has 1 fully saturated rings. The Labute approximate surface area is 111 Å². The third kappa shape index (κ3) is 3.21. The Morgan fingerprint density at radius 3 is 2.32 bits per heavy atom. The largest absolute Gasteiger partial charge is 0.391 e. The van der Waals surface area contributed by atoms with E-state index in [1.807, 2.05) is 36.1 Å². The highest BCUT2D eigenvalue weighted by atomic mass is 19.4. The first kappa shape index (κ1) is 14.2. The number of anilines is 1. The van der Waals surface area contributed by atoms with Gasteiger partial charge in [0.1, 0.15) is 0 Å². The lowest BCUT2D eigenvalue weighted by Crippen LogP contribution is -2.39. The smallest absolute Gasteiger partial charge is 0.371 e. The molecule has 1 aliphatic heterocycles. The van der Waals surface area contributed by atoms with Crippen LogP contribution < -0.4 is 10.6 Å². The number of halogens is 3. The molecule has 0 aromatic heterocycles. The molecule has 19 heavy (non-hydrogen) atoms. The topological polar surface area (TPSA) is 29.3 Å². The quantitative estimate of drug-likeness (QED) is 0.893. The van der Waals surface area contributed by atoms with E-state index in [4.69, 9.17) is 5.73 Å². The molecule has 5 heteroatoms. The Bertz CT molecular complexity index is 421. The number of benzene rings is 1. The molecule has 0 spiro atoms. The Balaban J connectivity index is 2.10. The molecule has 1 heterocycles. The highest BCUT2D eigenvalue weighted by molar-refractivity contribution is 5.55. The second-order valence-corrected chi connectivity index (χ2v) is 5.15. The minimum Gasteiger partial charge on any atom is -0.371 e. The third-order valence-electron chi connectivity index (χ3n) is 3.73. The standard InChI is InChI=1S/C14H19F3N2/c1-10(18)12-4-2-3-5-13(12)19-8-6-11(7-9-19)14(15,16)17/h2-5,10-11H,6-9,18H2,1H3/t10-/m1/s1. The third-order valence-corrected chi connectivity index (χ3v) is 3.73. The van der Waals surface area contributed by atoms with E-state index in [1.54, 1.807) is 0 Å². The molecule has 2 N–H and O–H groups in total. The van der Waals surface area contributed by atoms with Crippen molar-refractivity contribution in [2.75, 3.05) is 18.0 Å². The maximum Gasteiger partial charge on any atom is 0.391 e. The lowest BCUT2D eigenvalue weighted by Gasteiger charge is -2.35. The SMILES string of the molecule is C[C@@H](N)c1ccccc1N1CCC(C(F)(F)F)CC1. The van der Waals surface area contributed by atoms with Gasteiger partial charge in [-0.25, -0.2) is 0 Å². The van der Waals surface area contributed by atoms with Gasteiger partial charge in [-0.3, -0.25) is 0 Å². The number of nitrogens with zero attached hydrogens (tertiary/aromatic N) is 1. The summed E-state index contributed by atoms with van der Waals surface area (Å²) in [5.41, 5.74) is 7.88. The van der Waals surface area contributed by atoms with Crippen LogP contribution >= 0.6 is 0 Å². The number of hydrogen-bond donors (Lipinski definition) is 1. The zero-order chi connectivity index (χ0) is 14.0. The minimum absolute atomic E-state index is 0.114. The first-order chi connectivity index (χ1) is 8.89. The molecule has 0 bridgehead atoms. The maximum atomic E-state index is 12.6. The molecule has 2 rings (SSSR count). The summed E-state index contributed by atoms with van der Waals surface area (Å²) in [5, 5.41) is 0. The van der Waals surface area contributed by atoms with Crippen molar-refractivity contribution in [1.29, 1.82) is 0 Å². The zero-order valence-corrected chi connectivity index (χ0v) is 11.0. The van der Waals surface area contributed by atoms with Crippen LogP contribution in [0.5, 0.6) is 0 Å². The molecular weight excluding hydrogens is 253 g/mol. The number of para-hydroxylation sites is 1. The highest BCUT2D eigenvalue weighted by Gasteiger charge is 2.41. The Morgan fingerprint density at radius 1 is 1.21 bits per heavy atom. The fourth-order valence-corrected chi connectivity index (χ4v) is 2.61. The van der Waals surface area contributed by atoms with Crippen LogP contribution in [0.25, 0.3) is 0 Å². The molecule has 0 amide bonds. The molecule has 1 aromatic carbocycles. The van der Waals surface area contributed by atoms with Crippen molar-refractivity contribution >= 4 is 5.69 Å². The van der Waals surface area contributed by atoms with E-state index in [2.05, 4.69) is 0 Å². The van der Waals surface area contributed by atoms with Crippen LogP contribution in [-0.4, -0.2) is 19.3 Å². The van der Waals surface area contributed by atoms with Crippen LogP contribution in [0.2, 0.25) is 0 Å². The lowest BCUT2D eigenvalue weighted by molar-refractivity contribution is -0.179. The molecule has 0 unspecified atom stereocenters. The first-order valence-corrected chi connectivity index (χ1v) is 6.55. The van der Waals surface area contributed by atoms with Crippen LogP contribution in [0.1, 0.15) is 31.4 Å². The van der Waals surface area contributed by atoms with Gasteiger partial charge in [-0.2, -0.15) is 13.2 Å². The average Bonchev–Trinajstić information content (AvgIpc) is 2.38. The fourth-order valence-electron chi connectivity index (χ4n) is 2.61. The van der Waals surface area contributed by atoms with Crippen LogP contribution in [0, 0.1) is 5.92 Å². The summed E-state index contributed by atoms with van der Waals surface area (Å²) >= 11 is 0. The van der Waals surface area contributed by atoms with Crippen LogP contribution in [0.3, 0.4) is 0 Å². The summed E-state index contributed by atoms with van der Waals surface area (Å²) < 4.78 is 37.9. The van der Waals surface area contributed by atoms with Gasteiger partial charge in [0.15, 0.2) is 0 Å². The van der Waals surface area contributed by atoms with Gasteiger partial charge in [-0.15, -0.1) is 0 Å². The summed E-state index contributed by atoms with van der Waals surface area (Å²) in [7, 11) is 0. The van der Waals surface area contributed by atoms with Gasteiger partial charge in [0.25, 0.3) is 0 Å². The van der Waals surface area contributed by atoms with Crippen molar-refractivity contribution in [2.24, 2.45) is 11.7 Å². The van der Waals surface area contributed by atoms with Gasteiger partial charge in [0.2, 0.25) is 0 Å². The molecule has 0 saturated carbocycles. The van der Waals surface area contributed by atoms with Crippen molar-refractivity contribution < 1.29 is 13.2 Å². The van der Waals surface area contributed by atoms with Gasteiger partial charge >= 0.3 is 6.18 Å². The summed E-state index contributed by atoms with van der Waals surface area (Å²) in [6.07, 6.45) is -3.74. The Kier molecular flexibility index (Phi) is 4.04. The number of hydrogen-bond acceptors (Lipinski definition) is 2. The van der Waals surface area contributed by atoms with Crippen molar-refractivity contribution in [3.05, 3.63) is 29.8 Å². The predicted octanol–water partition coefficient (Wildman–Crippen LogP) is 3.49. The summed E-state index contributed by atoms with van der Waals surface area (Å²) in [5.74, 6) is -1.16. The first-order valence-electron chi connectivity index (χ1n) is 6.55. The second kappa shape index (κ2) is 5.41. The van der Waals surface area contributed by atoms with E-state index in [-0.39, 0.29) is 18.9 Å². The Morgan fingerprint density at radius 2 is 1.79 bits per heavy atom. The van der Waals surface area contributed by atoms with E-state index >= 15 is 0 Å².